The van der Waals surface area contributed by atoms with E-state index in [1.54, 1.807) is 7.11 Å². The lowest BCUT2D eigenvalue weighted by Gasteiger charge is -2.11. The van der Waals surface area contributed by atoms with Crippen molar-refractivity contribution in [1.29, 1.82) is 0 Å². The van der Waals surface area contributed by atoms with Gasteiger partial charge in [0.1, 0.15) is 5.75 Å². The molecular weight excluding hydrogens is 212 g/mol. The normalized spacial score (nSPS) is 10.9. The second-order valence-electron chi connectivity index (χ2n) is 4.64. The fourth-order valence-corrected chi connectivity index (χ4v) is 1.73. The van der Waals surface area contributed by atoms with Gasteiger partial charge in [-0.3, -0.25) is 0 Å². The molecule has 0 unspecified atom stereocenters. The summed E-state index contributed by atoms with van der Waals surface area (Å²) in [5.74, 6) is 0.970. The Balaban J connectivity index is 2.32. The summed E-state index contributed by atoms with van der Waals surface area (Å²) in [6.07, 6.45) is 1.18. The van der Waals surface area contributed by atoms with Crippen LogP contribution < -0.4 is 10.1 Å². The van der Waals surface area contributed by atoms with Gasteiger partial charge in [-0.05, 0) is 57.7 Å². The maximum atomic E-state index is 5.31. The summed E-state index contributed by atoms with van der Waals surface area (Å²) in [5, 5.41) is 3.45. The Morgan fingerprint density at radius 1 is 1.29 bits per heavy atom. The van der Waals surface area contributed by atoms with Crippen LogP contribution in [0.4, 0.5) is 0 Å². The Bertz CT molecular complexity index is 337. The van der Waals surface area contributed by atoms with E-state index in [9.17, 15) is 0 Å². The molecule has 17 heavy (non-hydrogen) atoms. The largest absolute Gasteiger partial charge is 0.496 e. The minimum Gasteiger partial charge on any atom is -0.496 e. The number of rotatable bonds is 7. The van der Waals surface area contributed by atoms with Crippen LogP contribution in [0, 0.1) is 6.92 Å². The van der Waals surface area contributed by atoms with E-state index in [1.165, 1.54) is 17.5 Å². The summed E-state index contributed by atoms with van der Waals surface area (Å²) >= 11 is 0. The van der Waals surface area contributed by atoms with Gasteiger partial charge >= 0.3 is 0 Å². The fraction of sp³-hybridized carbons (Fsp3) is 0.571. The number of nitrogens with one attached hydrogen (secondary N) is 1. The van der Waals surface area contributed by atoms with E-state index in [2.05, 4.69) is 49.4 Å². The van der Waals surface area contributed by atoms with Gasteiger partial charge in [-0.2, -0.15) is 0 Å². The number of aryl methyl sites for hydroxylation is 1. The molecule has 0 spiro atoms. The molecule has 1 N–H and O–H groups in total. The summed E-state index contributed by atoms with van der Waals surface area (Å²) in [5.41, 5.74) is 2.46. The van der Waals surface area contributed by atoms with Crippen molar-refractivity contribution in [3.63, 3.8) is 0 Å². The zero-order chi connectivity index (χ0) is 12.7. The van der Waals surface area contributed by atoms with Gasteiger partial charge < -0.3 is 15.0 Å². The zero-order valence-electron chi connectivity index (χ0n) is 11.4. The van der Waals surface area contributed by atoms with Crippen LogP contribution in [-0.2, 0) is 6.54 Å². The average molecular weight is 236 g/mol. The molecular formula is C14H24N2O. The second kappa shape index (κ2) is 7.30. The van der Waals surface area contributed by atoms with E-state index in [-0.39, 0.29) is 0 Å². The zero-order valence-corrected chi connectivity index (χ0v) is 11.4. The topological polar surface area (TPSA) is 24.5 Å². The van der Waals surface area contributed by atoms with Crippen LogP contribution in [0.5, 0.6) is 5.75 Å². The number of benzene rings is 1. The van der Waals surface area contributed by atoms with E-state index in [0.29, 0.717) is 0 Å². The first kappa shape index (κ1) is 14.0. The summed E-state index contributed by atoms with van der Waals surface area (Å²) in [4.78, 5) is 2.20. The van der Waals surface area contributed by atoms with Gasteiger partial charge in [0.25, 0.3) is 0 Å². The molecule has 0 radical (unpaired) electrons. The third kappa shape index (κ3) is 5.20. The van der Waals surface area contributed by atoms with Crippen LogP contribution in [-0.4, -0.2) is 39.2 Å². The van der Waals surface area contributed by atoms with Gasteiger partial charge in [0, 0.05) is 6.54 Å². The number of nitrogens with zero attached hydrogens (tertiary/aromatic N) is 1. The molecule has 0 heterocycles. The lowest BCUT2D eigenvalue weighted by atomic mass is 10.1. The van der Waals surface area contributed by atoms with Gasteiger partial charge in [-0.25, -0.2) is 0 Å². The highest BCUT2D eigenvalue weighted by Gasteiger charge is 2.00. The van der Waals surface area contributed by atoms with Gasteiger partial charge in [-0.15, -0.1) is 0 Å². The summed E-state index contributed by atoms with van der Waals surface area (Å²) in [6.45, 7) is 5.15. The lowest BCUT2D eigenvalue weighted by Crippen LogP contribution is -2.21. The van der Waals surface area contributed by atoms with E-state index >= 15 is 0 Å². The van der Waals surface area contributed by atoms with Crippen LogP contribution in [0.3, 0.4) is 0 Å². The van der Waals surface area contributed by atoms with E-state index < -0.39 is 0 Å². The lowest BCUT2D eigenvalue weighted by molar-refractivity contribution is 0.394. The molecule has 0 aliphatic carbocycles. The van der Waals surface area contributed by atoms with Gasteiger partial charge in [-0.1, -0.05) is 12.1 Å². The Labute approximate surface area is 105 Å². The monoisotopic (exact) mass is 236 g/mol. The summed E-state index contributed by atoms with van der Waals surface area (Å²) < 4.78 is 5.31. The molecule has 96 valence electrons. The molecule has 0 amide bonds. The van der Waals surface area contributed by atoms with E-state index in [0.717, 1.165) is 25.4 Å². The SMILES string of the molecule is COc1cc(CNCCCN(C)C)ccc1C. The minimum atomic E-state index is 0.907. The predicted molar refractivity (Wildman–Crippen MR) is 72.6 cm³/mol. The Morgan fingerprint density at radius 2 is 2.06 bits per heavy atom. The Morgan fingerprint density at radius 3 is 2.71 bits per heavy atom. The van der Waals surface area contributed by atoms with Crippen LogP contribution in [0.25, 0.3) is 0 Å². The highest BCUT2D eigenvalue weighted by molar-refractivity contribution is 5.36. The van der Waals surface area contributed by atoms with Crippen molar-refractivity contribution in [2.45, 2.75) is 19.9 Å². The van der Waals surface area contributed by atoms with Crippen molar-refractivity contribution in [3.05, 3.63) is 29.3 Å². The molecule has 0 fully saturated rings. The van der Waals surface area contributed by atoms with Crippen molar-refractivity contribution in [2.24, 2.45) is 0 Å². The maximum absolute atomic E-state index is 5.31. The molecule has 0 aliphatic heterocycles. The molecule has 0 aliphatic rings. The maximum Gasteiger partial charge on any atom is 0.122 e. The molecule has 1 aromatic rings. The summed E-state index contributed by atoms with van der Waals surface area (Å²) in [7, 11) is 5.92. The van der Waals surface area contributed by atoms with Crippen molar-refractivity contribution in [2.75, 3.05) is 34.3 Å². The summed E-state index contributed by atoms with van der Waals surface area (Å²) in [6, 6.07) is 6.36. The molecule has 1 aromatic carbocycles. The van der Waals surface area contributed by atoms with Gasteiger partial charge in [0.05, 0.1) is 7.11 Å². The predicted octanol–water partition coefficient (Wildman–Crippen LogP) is 2.04. The number of methoxy groups -OCH3 is 1. The van der Waals surface area contributed by atoms with Gasteiger partial charge in [0.15, 0.2) is 0 Å². The smallest absolute Gasteiger partial charge is 0.122 e. The molecule has 1 rings (SSSR count). The molecule has 0 aromatic heterocycles. The first-order valence-electron chi connectivity index (χ1n) is 6.12. The van der Waals surface area contributed by atoms with Crippen LogP contribution in [0.2, 0.25) is 0 Å². The standard InChI is InChI=1S/C14H24N2O/c1-12-6-7-13(10-14(12)17-4)11-15-8-5-9-16(2)3/h6-7,10,15H,5,8-9,11H2,1-4H3. The van der Waals surface area contributed by atoms with Crippen LogP contribution >= 0.6 is 0 Å². The molecule has 3 heteroatoms. The van der Waals surface area contributed by atoms with Crippen molar-refractivity contribution in [1.82, 2.24) is 10.2 Å². The van der Waals surface area contributed by atoms with Crippen LogP contribution in [0.15, 0.2) is 18.2 Å². The quantitative estimate of drug-likeness (QED) is 0.733. The van der Waals surface area contributed by atoms with E-state index in [4.69, 9.17) is 4.74 Å². The Hall–Kier alpha value is -1.06. The molecule has 0 saturated carbocycles. The van der Waals surface area contributed by atoms with Crippen LogP contribution in [0.1, 0.15) is 17.5 Å². The number of hydrogen-bond donors (Lipinski definition) is 1. The van der Waals surface area contributed by atoms with E-state index in [1.807, 2.05) is 0 Å². The average Bonchev–Trinajstić information content (AvgIpc) is 2.30. The highest BCUT2D eigenvalue weighted by atomic mass is 16.5. The first-order chi connectivity index (χ1) is 8.13. The fourth-order valence-electron chi connectivity index (χ4n) is 1.73. The number of hydrogen-bond acceptors (Lipinski definition) is 3. The highest BCUT2D eigenvalue weighted by Crippen LogP contribution is 2.18. The second-order valence-corrected chi connectivity index (χ2v) is 4.64. The first-order valence-corrected chi connectivity index (χ1v) is 6.12. The van der Waals surface area contributed by atoms with Gasteiger partial charge in [0.2, 0.25) is 0 Å². The molecule has 3 nitrogen and oxygen atoms in total. The third-order valence-corrected chi connectivity index (χ3v) is 2.76. The third-order valence-electron chi connectivity index (χ3n) is 2.76. The van der Waals surface area contributed by atoms with Crippen molar-refractivity contribution >= 4 is 0 Å². The molecule has 0 atom stereocenters. The molecule has 0 bridgehead atoms. The number of ether oxygens (including phenoxy) is 1. The van der Waals surface area contributed by atoms with Crippen molar-refractivity contribution in [3.8, 4) is 5.75 Å². The molecule has 0 saturated heterocycles. The Kier molecular flexibility index (Phi) is 6.01. The minimum absolute atomic E-state index is 0.907. The van der Waals surface area contributed by atoms with Crippen molar-refractivity contribution < 1.29 is 4.74 Å².